The molecule has 5 heteroatoms. The molecular formula is C21H24FNO3. The molecule has 138 valence electrons. The van der Waals surface area contributed by atoms with Crippen LogP contribution in [0, 0.1) is 5.82 Å². The van der Waals surface area contributed by atoms with Crippen LogP contribution in [0.1, 0.15) is 24.8 Å². The first-order valence-electron chi connectivity index (χ1n) is 8.84. The van der Waals surface area contributed by atoms with Crippen molar-refractivity contribution < 1.29 is 18.7 Å². The summed E-state index contributed by atoms with van der Waals surface area (Å²) in [4.78, 5) is 14.7. The van der Waals surface area contributed by atoms with Crippen molar-refractivity contribution in [2.75, 3.05) is 27.3 Å². The minimum absolute atomic E-state index is 0.0349. The van der Waals surface area contributed by atoms with Crippen LogP contribution < -0.4 is 9.47 Å². The first kappa shape index (κ1) is 18.2. The standard InChI is InChI=1S/C21H24FNO3/c1-23(13-14-26-19-9-7-18(25-2)8-10-19)20(24)21(11-4-12-21)16-5-3-6-17(22)15-16/h3,5-10,15H,4,11-14H2,1-2H3. The van der Waals surface area contributed by atoms with Crippen molar-refractivity contribution >= 4 is 5.91 Å². The third-order valence-corrected chi connectivity index (χ3v) is 5.10. The smallest absolute Gasteiger partial charge is 0.233 e. The maximum Gasteiger partial charge on any atom is 0.233 e. The SMILES string of the molecule is COc1ccc(OCCN(C)C(=O)C2(c3cccc(F)c3)CCC2)cc1. The Balaban J connectivity index is 1.59. The van der Waals surface area contributed by atoms with Gasteiger partial charge < -0.3 is 14.4 Å². The predicted octanol–water partition coefficient (Wildman–Crippen LogP) is 3.79. The van der Waals surface area contributed by atoms with Crippen LogP contribution in [0.25, 0.3) is 0 Å². The van der Waals surface area contributed by atoms with Gasteiger partial charge in [0.2, 0.25) is 5.91 Å². The number of rotatable bonds is 7. The van der Waals surface area contributed by atoms with E-state index in [0.717, 1.165) is 36.3 Å². The topological polar surface area (TPSA) is 38.8 Å². The Hall–Kier alpha value is -2.56. The Kier molecular flexibility index (Phi) is 5.45. The van der Waals surface area contributed by atoms with Crippen molar-refractivity contribution in [2.45, 2.75) is 24.7 Å². The number of carbonyl (C=O) groups excluding carboxylic acids is 1. The van der Waals surface area contributed by atoms with Crippen molar-refractivity contribution in [3.05, 3.63) is 59.9 Å². The molecule has 0 aliphatic heterocycles. The molecule has 0 aromatic heterocycles. The highest BCUT2D eigenvalue weighted by Gasteiger charge is 2.47. The second kappa shape index (κ2) is 7.77. The lowest BCUT2D eigenvalue weighted by atomic mass is 9.63. The maximum absolute atomic E-state index is 13.6. The average molecular weight is 357 g/mol. The van der Waals surface area contributed by atoms with E-state index < -0.39 is 5.41 Å². The summed E-state index contributed by atoms with van der Waals surface area (Å²) < 4.78 is 24.4. The number of hydrogen-bond donors (Lipinski definition) is 0. The molecule has 0 heterocycles. The molecule has 0 unspecified atom stereocenters. The Bertz CT molecular complexity index is 756. The number of halogens is 1. The van der Waals surface area contributed by atoms with E-state index >= 15 is 0 Å². The van der Waals surface area contributed by atoms with Gasteiger partial charge in [0.05, 0.1) is 19.1 Å². The van der Waals surface area contributed by atoms with Gasteiger partial charge in [-0.15, -0.1) is 0 Å². The number of hydrogen-bond acceptors (Lipinski definition) is 3. The van der Waals surface area contributed by atoms with Gasteiger partial charge >= 0.3 is 0 Å². The molecule has 2 aromatic rings. The first-order chi connectivity index (χ1) is 12.5. The minimum Gasteiger partial charge on any atom is -0.497 e. The monoisotopic (exact) mass is 357 g/mol. The molecule has 1 aliphatic rings. The number of benzene rings is 2. The highest BCUT2D eigenvalue weighted by atomic mass is 19.1. The molecule has 0 atom stereocenters. The highest BCUT2D eigenvalue weighted by molar-refractivity contribution is 5.89. The van der Waals surface area contributed by atoms with Crippen LogP contribution in [0.3, 0.4) is 0 Å². The van der Waals surface area contributed by atoms with Gasteiger partial charge in [-0.25, -0.2) is 4.39 Å². The molecule has 0 saturated heterocycles. The fraction of sp³-hybridized carbons (Fsp3) is 0.381. The molecule has 1 aliphatic carbocycles. The molecule has 26 heavy (non-hydrogen) atoms. The van der Waals surface area contributed by atoms with E-state index in [9.17, 15) is 9.18 Å². The number of nitrogens with zero attached hydrogens (tertiary/aromatic N) is 1. The van der Waals surface area contributed by atoms with E-state index in [2.05, 4.69) is 0 Å². The van der Waals surface area contributed by atoms with Gasteiger partial charge in [0, 0.05) is 7.05 Å². The van der Waals surface area contributed by atoms with Crippen LogP contribution >= 0.6 is 0 Å². The largest absolute Gasteiger partial charge is 0.497 e. The zero-order valence-corrected chi connectivity index (χ0v) is 15.2. The van der Waals surface area contributed by atoms with Crippen LogP contribution in [0.15, 0.2) is 48.5 Å². The second-order valence-electron chi connectivity index (χ2n) is 6.70. The molecule has 0 radical (unpaired) electrons. The van der Waals surface area contributed by atoms with Gasteiger partial charge in [-0.05, 0) is 54.8 Å². The number of carbonyl (C=O) groups is 1. The van der Waals surface area contributed by atoms with E-state index in [-0.39, 0.29) is 11.7 Å². The van der Waals surface area contributed by atoms with Crippen molar-refractivity contribution in [3.63, 3.8) is 0 Å². The van der Waals surface area contributed by atoms with Crippen LogP contribution in [-0.2, 0) is 10.2 Å². The van der Waals surface area contributed by atoms with Crippen molar-refractivity contribution in [2.24, 2.45) is 0 Å². The van der Waals surface area contributed by atoms with E-state index in [0.29, 0.717) is 13.2 Å². The summed E-state index contributed by atoms with van der Waals surface area (Å²) in [6.07, 6.45) is 2.51. The lowest BCUT2D eigenvalue weighted by Gasteiger charge is -2.43. The van der Waals surface area contributed by atoms with E-state index in [1.54, 1.807) is 25.1 Å². The lowest BCUT2D eigenvalue weighted by Crippen LogP contribution is -2.50. The van der Waals surface area contributed by atoms with E-state index in [1.807, 2.05) is 30.3 Å². The van der Waals surface area contributed by atoms with Gasteiger partial charge in [-0.2, -0.15) is 0 Å². The molecule has 3 rings (SSSR count). The first-order valence-corrected chi connectivity index (χ1v) is 8.84. The van der Waals surface area contributed by atoms with Crippen molar-refractivity contribution in [3.8, 4) is 11.5 Å². The minimum atomic E-state index is -0.586. The fourth-order valence-corrected chi connectivity index (χ4v) is 3.38. The zero-order chi connectivity index (χ0) is 18.6. The third-order valence-electron chi connectivity index (χ3n) is 5.10. The van der Waals surface area contributed by atoms with Gasteiger partial charge in [-0.3, -0.25) is 4.79 Å². The number of likely N-dealkylation sites (N-methyl/N-ethyl adjacent to an activating group) is 1. The Labute approximate surface area is 153 Å². The highest BCUT2D eigenvalue weighted by Crippen LogP contribution is 2.45. The van der Waals surface area contributed by atoms with Gasteiger partial charge in [-0.1, -0.05) is 18.6 Å². The van der Waals surface area contributed by atoms with Gasteiger partial charge in [0.1, 0.15) is 23.9 Å². The fourth-order valence-electron chi connectivity index (χ4n) is 3.38. The summed E-state index contributed by atoms with van der Waals surface area (Å²) in [6, 6.07) is 13.7. The quantitative estimate of drug-likeness (QED) is 0.757. The Morgan fingerprint density at radius 2 is 1.85 bits per heavy atom. The van der Waals surface area contributed by atoms with Gasteiger partial charge in [0.25, 0.3) is 0 Å². The van der Waals surface area contributed by atoms with Crippen LogP contribution in [-0.4, -0.2) is 38.1 Å². The number of amides is 1. The van der Waals surface area contributed by atoms with Crippen LogP contribution in [0.4, 0.5) is 4.39 Å². The van der Waals surface area contributed by atoms with Gasteiger partial charge in [0.15, 0.2) is 0 Å². The molecule has 0 bridgehead atoms. The second-order valence-corrected chi connectivity index (χ2v) is 6.70. The number of ether oxygens (including phenoxy) is 2. The molecule has 0 spiro atoms. The van der Waals surface area contributed by atoms with Crippen molar-refractivity contribution in [1.29, 1.82) is 0 Å². The van der Waals surface area contributed by atoms with E-state index in [4.69, 9.17) is 9.47 Å². The van der Waals surface area contributed by atoms with E-state index in [1.165, 1.54) is 12.1 Å². The molecule has 1 fully saturated rings. The predicted molar refractivity (Wildman–Crippen MR) is 98.1 cm³/mol. The Morgan fingerprint density at radius 3 is 2.42 bits per heavy atom. The summed E-state index contributed by atoms with van der Waals surface area (Å²) in [7, 11) is 3.39. The Morgan fingerprint density at radius 1 is 1.15 bits per heavy atom. The third kappa shape index (κ3) is 3.66. The lowest BCUT2D eigenvalue weighted by molar-refractivity contribution is -0.139. The molecule has 2 aromatic carbocycles. The normalized spacial score (nSPS) is 15.0. The molecule has 0 N–H and O–H groups in total. The van der Waals surface area contributed by atoms with Crippen molar-refractivity contribution in [1.82, 2.24) is 4.90 Å². The number of methoxy groups -OCH3 is 1. The summed E-state index contributed by atoms with van der Waals surface area (Å²) >= 11 is 0. The van der Waals surface area contributed by atoms with Crippen LogP contribution in [0.2, 0.25) is 0 Å². The maximum atomic E-state index is 13.6. The zero-order valence-electron chi connectivity index (χ0n) is 15.2. The molecule has 1 saturated carbocycles. The van der Waals surface area contributed by atoms with Crippen LogP contribution in [0.5, 0.6) is 11.5 Å². The summed E-state index contributed by atoms with van der Waals surface area (Å²) in [5, 5.41) is 0. The summed E-state index contributed by atoms with van der Waals surface area (Å²) in [5.74, 6) is 1.24. The molecule has 1 amide bonds. The average Bonchev–Trinajstić information content (AvgIpc) is 2.61. The summed E-state index contributed by atoms with van der Waals surface area (Å²) in [5.41, 5.74) is 0.188. The molecular weight excluding hydrogens is 333 g/mol. The molecule has 4 nitrogen and oxygen atoms in total. The summed E-state index contributed by atoms with van der Waals surface area (Å²) in [6.45, 7) is 0.871.